The number of sulfonamides is 1. The maximum Gasteiger partial charge on any atom is 0.264 e. The molecular weight excluding hydrogens is 510 g/mol. The number of aryl methyl sites for hydroxylation is 3. The molecule has 2 atom stereocenters. The molecule has 0 bridgehead atoms. The fourth-order valence-corrected chi connectivity index (χ4v) is 5.55. The monoisotopic (exact) mass is 549 g/mol. The van der Waals surface area contributed by atoms with Crippen molar-refractivity contribution in [2.24, 2.45) is 0 Å². The van der Waals surface area contributed by atoms with Gasteiger partial charge in [-0.05, 0) is 70.9 Å². The predicted molar refractivity (Wildman–Crippen MR) is 156 cm³/mol. The quantitative estimate of drug-likeness (QED) is 0.359. The Kier molecular flexibility index (Phi) is 9.92. The van der Waals surface area contributed by atoms with Crippen LogP contribution in [0.5, 0.6) is 0 Å². The summed E-state index contributed by atoms with van der Waals surface area (Å²) in [5, 5.41) is 2.95. The summed E-state index contributed by atoms with van der Waals surface area (Å²) in [4.78, 5) is 28.6. The van der Waals surface area contributed by atoms with E-state index in [4.69, 9.17) is 0 Å². The first-order valence-corrected chi connectivity index (χ1v) is 14.7. The first-order valence-electron chi connectivity index (χ1n) is 13.2. The fourth-order valence-electron chi connectivity index (χ4n) is 4.13. The largest absolute Gasteiger partial charge is 0.352 e. The lowest BCUT2D eigenvalue weighted by atomic mass is 10.1. The van der Waals surface area contributed by atoms with E-state index < -0.39 is 28.5 Å². The molecule has 39 heavy (non-hydrogen) atoms. The lowest BCUT2D eigenvalue weighted by Gasteiger charge is -2.32. The Balaban J connectivity index is 2.02. The molecule has 0 spiro atoms. The highest BCUT2D eigenvalue weighted by Crippen LogP contribution is 2.25. The number of carbonyl (C=O) groups excluding carboxylic acids is 2. The van der Waals surface area contributed by atoms with Gasteiger partial charge in [0, 0.05) is 12.6 Å². The summed E-state index contributed by atoms with van der Waals surface area (Å²) in [5.74, 6) is -0.756. The van der Waals surface area contributed by atoms with Crippen LogP contribution in [0.15, 0.2) is 77.7 Å². The average Bonchev–Trinajstić information content (AvgIpc) is 2.90. The van der Waals surface area contributed by atoms with E-state index in [-0.39, 0.29) is 23.4 Å². The van der Waals surface area contributed by atoms with E-state index in [2.05, 4.69) is 5.32 Å². The zero-order chi connectivity index (χ0) is 28.7. The Labute approximate surface area is 232 Å². The van der Waals surface area contributed by atoms with Crippen LogP contribution in [0.2, 0.25) is 0 Å². The molecule has 3 aromatic rings. The van der Waals surface area contributed by atoms with E-state index in [0.29, 0.717) is 5.69 Å². The standard InChI is InChI=1S/C31H39N3O4S/c1-7-25(5)32-31(36)26(6)33(20-27-10-8-9-24(4)19-27)30(35)21-34(28-15-11-22(2)12-16-28)39(37,38)29-17-13-23(3)14-18-29/h8-19,25-26H,7,20-21H2,1-6H3,(H,32,36)/t25-,26+/m0/s1. The Morgan fingerprint density at radius 3 is 2.00 bits per heavy atom. The van der Waals surface area contributed by atoms with Crippen molar-refractivity contribution in [2.45, 2.75) is 71.5 Å². The van der Waals surface area contributed by atoms with E-state index in [9.17, 15) is 18.0 Å². The Morgan fingerprint density at radius 1 is 0.846 bits per heavy atom. The lowest BCUT2D eigenvalue weighted by molar-refractivity contribution is -0.139. The number of hydrogen-bond donors (Lipinski definition) is 1. The minimum Gasteiger partial charge on any atom is -0.352 e. The number of nitrogens with zero attached hydrogens (tertiary/aromatic N) is 2. The summed E-state index contributed by atoms with van der Waals surface area (Å²) in [6.45, 7) is 11.0. The molecule has 0 aliphatic rings. The van der Waals surface area contributed by atoms with Gasteiger partial charge in [0.05, 0.1) is 10.6 Å². The van der Waals surface area contributed by atoms with Crippen LogP contribution in [0.3, 0.4) is 0 Å². The number of nitrogens with one attached hydrogen (secondary N) is 1. The highest BCUT2D eigenvalue weighted by Gasteiger charge is 2.32. The Morgan fingerprint density at radius 2 is 1.44 bits per heavy atom. The van der Waals surface area contributed by atoms with Crippen molar-refractivity contribution in [2.75, 3.05) is 10.8 Å². The van der Waals surface area contributed by atoms with Crippen molar-refractivity contribution in [3.63, 3.8) is 0 Å². The average molecular weight is 550 g/mol. The van der Waals surface area contributed by atoms with Gasteiger partial charge in [-0.15, -0.1) is 0 Å². The second-order valence-corrected chi connectivity index (χ2v) is 12.0. The van der Waals surface area contributed by atoms with Crippen molar-refractivity contribution in [3.05, 3.63) is 95.1 Å². The van der Waals surface area contributed by atoms with Gasteiger partial charge >= 0.3 is 0 Å². The van der Waals surface area contributed by atoms with Crippen LogP contribution >= 0.6 is 0 Å². The van der Waals surface area contributed by atoms with Crippen molar-refractivity contribution in [3.8, 4) is 0 Å². The van der Waals surface area contributed by atoms with Gasteiger partial charge in [0.2, 0.25) is 11.8 Å². The molecular formula is C31H39N3O4S. The van der Waals surface area contributed by atoms with Crippen LogP contribution < -0.4 is 9.62 Å². The number of anilines is 1. The van der Waals surface area contributed by atoms with Gasteiger partial charge in [-0.1, -0.05) is 72.1 Å². The van der Waals surface area contributed by atoms with Crippen LogP contribution in [0.25, 0.3) is 0 Å². The van der Waals surface area contributed by atoms with Gasteiger partial charge in [0.15, 0.2) is 0 Å². The molecule has 0 saturated heterocycles. The van der Waals surface area contributed by atoms with Gasteiger partial charge < -0.3 is 10.2 Å². The zero-order valence-corrected chi connectivity index (χ0v) is 24.5. The summed E-state index contributed by atoms with van der Waals surface area (Å²) in [5.41, 5.74) is 4.16. The molecule has 0 fully saturated rings. The molecule has 0 unspecified atom stereocenters. The molecule has 2 amide bonds. The molecule has 0 radical (unpaired) electrons. The van der Waals surface area contributed by atoms with Crippen molar-refractivity contribution >= 4 is 27.5 Å². The molecule has 0 aliphatic heterocycles. The van der Waals surface area contributed by atoms with E-state index in [1.807, 2.05) is 71.0 Å². The molecule has 7 nitrogen and oxygen atoms in total. The Hall–Kier alpha value is -3.65. The fraction of sp³-hybridized carbons (Fsp3) is 0.355. The first-order chi connectivity index (χ1) is 18.4. The number of amides is 2. The summed E-state index contributed by atoms with van der Waals surface area (Å²) in [6.07, 6.45) is 0.750. The highest BCUT2D eigenvalue weighted by atomic mass is 32.2. The van der Waals surface area contributed by atoms with E-state index in [1.54, 1.807) is 43.3 Å². The predicted octanol–water partition coefficient (Wildman–Crippen LogP) is 5.14. The first kappa shape index (κ1) is 29.9. The minimum atomic E-state index is -4.08. The molecule has 3 aromatic carbocycles. The van der Waals surface area contributed by atoms with E-state index in [1.165, 1.54) is 4.90 Å². The third-order valence-corrected chi connectivity index (χ3v) is 8.60. The topological polar surface area (TPSA) is 86.8 Å². The summed E-state index contributed by atoms with van der Waals surface area (Å²) >= 11 is 0. The third-order valence-electron chi connectivity index (χ3n) is 6.81. The van der Waals surface area contributed by atoms with Gasteiger partial charge in [0.25, 0.3) is 10.0 Å². The smallest absolute Gasteiger partial charge is 0.264 e. The molecule has 0 saturated carbocycles. The molecule has 0 aromatic heterocycles. The number of rotatable bonds is 11. The van der Waals surface area contributed by atoms with Gasteiger partial charge in [0.1, 0.15) is 12.6 Å². The van der Waals surface area contributed by atoms with Crippen LogP contribution in [-0.4, -0.2) is 43.8 Å². The van der Waals surface area contributed by atoms with Crippen molar-refractivity contribution < 1.29 is 18.0 Å². The van der Waals surface area contributed by atoms with E-state index in [0.717, 1.165) is 33.0 Å². The second kappa shape index (κ2) is 12.9. The Bertz CT molecular complexity index is 1390. The maximum atomic E-state index is 14.0. The normalized spacial score (nSPS) is 12.9. The van der Waals surface area contributed by atoms with Gasteiger partial charge in [-0.25, -0.2) is 8.42 Å². The zero-order valence-electron chi connectivity index (χ0n) is 23.6. The molecule has 3 rings (SSSR count). The van der Waals surface area contributed by atoms with E-state index >= 15 is 0 Å². The summed E-state index contributed by atoms with van der Waals surface area (Å²) < 4.78 is 28.8. The van der Waals surface area contributed by atoms with Crippen LogP contribution in [0, 0.1) is 20.8 Å². The summed E-state index contributed by atoms with van der Waals surface area (Å²) in [6, 6.07) is 20.4. The summed E-state index contributed by atoms with van der Waals surface area (Å²) in [7, 11) is -4.08. The molecule has 1 N–H and O–H groups in total. The van der Waals surface area contributed by atoms with Crippen LogP contribution in [0.1, 0.15) is 49.4 Å². The SMILES string of the molecule is CC[C@H](C)NC(=O)[C@@H](C)N(Cc1cccc(C)c1)C(=O)CN(c1ccc(C)cc1)S(=O)(=O)c1ccc(C)cc1. The van der Waals surface area contributed by atoms with Crippen LogP contribution in [-0.2, 0) is 26.2 Å². The van der Waals surface area contributed by atoms with Crippen LogP contribution in [0.4, 0.5) is 5.69 Å². The van der Waals surface area contributed by atoms with Gasteiger partial charge in [-0.3, -0.25) is 13.9 Å². The number of carbonyl (C=O) groups is 2. The molecule has 8 heteroatoms. The lowest BCUT2D eigenvalue weighted by Crippen LogP contribution is -2.52. The van der Waals surface area contributed by atoms with Gasteiger partial charge in [-0.2, -0.15) is 0 Å². The highest BCUT2D eigenvalue weighted by molar-refractivity contribution is 7.92. The minimum absolute atomic E-state index is 0.0538. The van der Waals surface area contributed by atoms with Crippen molar-refractivity contribution in [1.29, 1.82) is 0 Å². The number of hydrogen-bond acceptors (Lipinski definition) is 4. The molecule has 0 heterocycles. The van der Waals surface area contributed by atoms with Crippen molar-refractivity contribution in [1.82, 2.24) is 10.2 Å². The second-order valence-electron chi connectivity index (χ2n) is 10.2. The molecule has 0 aliphatic carbocycles. The third kappa shape index (κ3) is 7.69. The maximum absolute atomic E-state index is 14.0. The number of benzene rings is 3. The molecule has 208 valence electrons.